The van der Waals surface area contributed by atoms with Crippen LogP contribution in [0.3, 0.4) is 0 Å². The fourth-order valence-corrected chi connectivity index (χ4v) is 3.21. The molecule has 3 aromatic heterocycles. The maximum atomic E-state index is 12.5. The van der Waals surface area contributed by atoms with Crippen molar-refractivity contribution >= 4 is 34.4 Å². The molecule has 4 aromatic rings. The highest BCUT2D eigenvalue weighted by Crippen LogP contribution is 2.25. The Bertz CT molecular complexity index is 1230. The molecule has 0 amide bonds. The number of nitrogens with zero attached hydrogens (tertiary/aromatic N) is 4. The zero-order valence-corrected chi connectivity index (χ0v) is 16.4. The average molecular weight is 410 g/mol. The zero-order chi connectivity index (χ0) is 20.5. The number of pyridine rings is 1. The topological polar surface area (TPSA) is 103 Å². The Kier molecular flexibility index (Phi) is 4.85. The van der Waals surface area contributed by atoms with Gasteiger partial charge in [0.2, 0.25) is 5.78 Å². The number of aromatic amines is 1. The monoisotopic (exact) mass is 409 g/mol. The van der Waals surface area contributed by atoms with Crippen molar-refractivity contribution in [2.75, 3.05) is 6.61 Å². The largest absolute Gasteiger partial charge is 0.452 e. The molecule has 0 unspecified atom stereocenters. The first-order chi connectivity index (χ1) is 14.0. The molecule has 9 heteroatoms. The van der Waals surface area contributed by atoms with Gasteiger partial charge in [0.15, 0.2) is 12.3 Å². The minimum atomic E-state index is -0.724. The Balaban J connectivity index is 1.50. The highest BCUT2D eigenvalue weighted by atomic mass is 35.5. The summed E-state index contributed by atoms with van der Waals surface area (Å²) in [6.45, 7) is 3.24. The summed E-state index contributed by atoms with van der Waals surface area (Å²) in [5.41, 5.74) is 3.26. The molecule has 1 aromatic carbocycles. The minimum absolute atomic E-state index is 0.0528. The van der Waals surface area contributed by atoms with Crippen molar-refractivity contribution in [2.24, 2.45) is 0 Å². The maximum absolute atomic E-state index is 12.5. The second-order valence-electron chi connectivity index (χ2n) is 6.49. The van der Waals surface area contributed by atoms with Crippen LogP contribution in [-0.4, -0.2) is 43.3 Å². The quantitative estimate of drug-likeness (QED) is 0.400. The smallest absolute Gasteiger partial charge is 0.361 e. The third-order valence-electron chi connectivity index (χ3n) is 4.52. The van der Waals surface area contributed by atoms with Crippen molar-refractivity contribution in [2.45, 2.75) is 13.8 Å². The summed E-state index contributed by atoms with van der Waals surface area (Å²) in [6.07, 6.45) is 3.04. The number of fused-ring (bicyclic) bond motifs is 1. The first kappa shape index (κ1) is 18.8. The van der Waals surface area contributed by atoms with Crippen LogP contribution in [0.1, 0.15) is 32.1 Å². The van der Waals surface area contributed by atoms with E-state index in [1.165, 1.54) is 12.4 Å². The number of carbonyl (C=O) groups excluding carboxylic acids is 2. The molecule has 0 radical (unpaired) electrons. The number of H-pyrrole nitrogens is 1. The number of nitrogens with one attached hydrogen (secondary N) is 1. The highest BCUT2D eigenvalue weighted by Gasteiger charge is 2.22. The van der Waals surface area contributed by atoms with Crippen LogP contribution in [0.2, 0.25) is 5.02 Å². The number of aryl methyl sites for hydroxylation is 1. The van der Waals surface area contributed by atoms with Crippen molar-refractivity contribution in [3.05, 3.63) is 70.3 Å². The van der Waals surface area contributed by atoms with E-state index in [1.54, 1.807) is 17.7 Å². The van der Waals surface area contributed by atoms with Gasteiger partial charge in [0.05, 0.1) is 16.4 Å². The van der Waals surface area contributed by atoms with Gasteiger partial charge in [-0.2, -0.15) is 0 Å². The number of esters is 1. The molecule has 4 rings (SSSR count). The van der Waals surface area contributed by atoms with Crippen molar-refractivity contribution in [1.29, 1.82) is 0 Å². The number of Topliss-reactive ketones (excluding diaryl/α,β-unsaturated/α-hetero) is 1. The molecular weight excluding hydrogens is 394 g/mol. The second-order valence-corrected chi connectivity index (χ2v) is 6.90. The van der Waals surface area contributed by atoms with Gasteiger partial charge in [-0.3, -0.25) is 4.79 Å². The van der Waals surface area contributed by atoms with Gasteiger partial charge in [-0.15, -0.1) is 5.10 Å². The molecule has 3 heterocycles. The van der Waals surface area contributed by atoms with Gasteiger partial charge in [-0.05, 0) is 32.0 Å². The van der Waals surface area contributed by atoms with Gasteiger partial charge in [0.1, 0.15) is 5.65 Å². The summed E-state index contributed by atoms with van der Waals surface area (Å²) >= 11 is 6.16. The number of ketones is 1. The lowest BCUT2D eigenvalue weighted by atomic mass is 10.1. The first-order valence-corrected chi connectivity index (χ1v) is 9.14. The van der Waals surface area contributed by atoms with Crippen LogP contribution in [0.4, 0.5) is 0 Å². The third kappa shape index (κ3) is 3.50. The number of benzene rings is 1. The van der Waals surface area contributed by atoms with E-state index in [0.29, 0.717) is 27.3 Å². The highest BCUT2D eigenvalue weighted by molar-refractivity contribution is 6.36. The number of carbonyl (C=O) groups is 2. The summed E-state index contributed by atoms with van der Waals surface area (Å²) in [7, 11) is 0. The van der Waals surface area contributed by atoms with Crippen molar-refractivity contribution in [3.63, 3.8) is 0 Å². The molecule has 146 valence electrons. The third-order valence-corrected chi connectivity index (χ3v) is 4.84. The molecule has 0 bridgehead atoms. The number of halogens is 1. The van der Waals surface area contributed by atoms with Crippen LogP contribution in [0.5, 0.6) is 0 Å². The van der Waals surface area contributed by atoms with Gasteiger partial charge < -0.3 is 9.72 Å². The Labute approximate surface area is 170 Å². The molecule has 8 nitrogen and oxygen atoms in total. The summed E-state index contributed by atoms with van der Waals surface area (Å²) in [6, 6.07) is 9.23. The molecule has 0 saturated carbocycles. The number of hydrogen-bond donors (Lipinski definition) is 1. The molecule has 0 aliphatic carbocycles. The van der Waals surface area contributed by atoms with Crippen LogP contribution in [0, 0.1) is 13.8 Å². The SMILES string of the molecule is Cc1ccc(-n2nnc(C(=O)OCC(=O)c3c[nH]c4nccc(Cl)c34)c2C)cc1. The summed E-state index contributed by atoms with van der Waals surface area (Å²) in [5.74, 6) is -1.12. The molecule has 0 spiro atoms. The lowest BCUT2D eigenvalue weighted by molar-refractivity contribution is 0.0468. The Morgan fingerprint density at radius 2 is 1.93 bits per heavy atom. The summed E-state index contributed by atoms with van der Waals surface area (Å²) in [5, 5.41) is 8.81. The molecular formula is C20H16ClN5O3. The molecule has 0 atom stereocenters. The van der Waals surface area contributed by atoms with E-state index in [1.807, 2.05) is 31.2 Å². The average Bonchev–Trinajstić information content (AvgIpc) is 3.31. The summed E-state index contributed by atoms with van der Waals surface area (Å²) < 4.78 is 6.71. The molecule has 0 fully saturated rings. The second kappa shape index (κ2) is 7.48. The van der Waals surface area contributed by atoms with E-state index in [2.05, 4.69) is 20.3 Å². The standard InChI is InChI=1S/C20H16ClN5O3/c1-11-3-5-13(6-4-11)26-12(2)18(24-25-26)20(28)29-10-16(27)14-9-23-19-17(14)15(21)7-8-22-19/h3-9H,10H2,1-2H3,(H,22,23). The van der Waals surface area contributed by atoms with Gasteiger partial charge in [-0.1, -0.05) is 34.5 Å². The van der Waals surface area contributed by atoms with E-state index >= 15 is 0 Å². The van der Waals surface area contributed by atoms with Crippen molar-refractivity contribution in [3.8, 4) is 5.69 Å². The number of ether oxygens (including phenoxy) is 1. The Morgan fingerprint density at radius 1 is 1.17 bits per heavy atom. The number of aromatic nitrogens is 5. The fourth-order valence-electron chi connectivity index (χ4n) is 2.96. The van der Waals surface area contributed by atoms with Crippen LogP contribution >= 0.6 is 11.6 Å². The lowest BCUT2D eigenvalue weighted by Crippen LogP contribution is -2.15. The maximum Gasteiger partial charge on any atom is 0.361 e. The van der Waals surface area contributed by atoms with Gasteiger partial charge in [-0.25, -0.2) is 14.5 Å². The van der Waals surface area contributed by atoms with E-state index in [-0.39, 0.29) is 5.69 Å². The van der Waals surface area contributed by atoms with Gasteiger partial charge in [0.25, 0.3) is 0 Å². The molecule has 1 N–H and O–H groups in total. The molecule has 29 heavy (non-hydrogen) atoms. The number of hydrogen-bond acceptors (Lipinski definition) is 6. The van der Waals surface area contributed by atoms with Crippen molar-refractivity contribution in [1.82, 2.24) is 25.0 Å². The van der Waals surface area contributed by atoms with E-state index in [4.69, 9.17) is 16.3 Å². The predicted octanol–water partition coefficient (Wildman–Crippen LogP) is 3.45. The molecule has 0 aliphatic heterocycles. The molecule has 0 saturated heterocycles. The van der Waals surface area contributed by atoms with Crippen molar-refractivity contribution < 1.29 is 14.3 Å². The lowest BCUT2D eigenvalue weighted by Gasteiger charge is -2.05. The first-order valence-electron chi connectivity index (χ1n) is 8.77. The van der Waals surface area contributed by atoms with E-state index in [9.17, 15) is 9.59 Å². The molecule has 0 aliphatic rings. The fraction of sp³-hybridized carbons (Fsp3) is 0.150. The van der Waals surface area contributed by atoms with Crippen LogP contribution < -0.4 is 0 Å². The Hall–Kier alpha value is -3.52. The van der Waals surface area contributed by atoms with Crippen LogP contribution in [-0.2, 0) is 4.74 Å². The van der Waals surface area contributed by atoms with E-state index < -0.39 is 18.4 Å². The minimum Gasteiger partial charge on any atom is -0.452 e. The van der Waals surface area contributed by atoms with E-state index in [0.717, 1.165) is 11.3 Å². The number of rotatable bonds is 5. The van der Waals surface area contributed by atoms with Gasteiger partial charge >= 0.3 is 5.97 Å². The predicted molar refractivity (Wildman–Crippen MR) is 107 cm³/mol. The summed E-state index contributed by atoms with van der Waals surface area (Å²) in [4.78, 5) is 32.0. The van der Waals surface area contributed by atoms with Gasteiger partial charge in [0, 0.05) is 23.3 Å². The normalized spacial score (nSPS) is 11.0. The van der Waals surface area contributed by atoms with Crippen LogP contribution in [0.15, 0.2) is 42.7 Å². The van der Waals surface area contributed by atoms with Crippen LogP contribution in [0.25, 0.3) is 16.7 Å². The zero-order valence-electron chi connectivity index (χ0n) is 15.6. The Morgan fingerprint density at radius 3 is 2.69 bits per heavy atom.